The summed E-state index contributed by atoms with van der Waals surface area (Å²) in [6.07, 6.45) is 7.71. The number of aromatic carboxylic acids is 1. The predicted octanol–water partition coefficient (Wildman–Crippen LogP) is 3.81. The van der Waals surface area contributed by atoms with Gasteiger partial charge in [-0.25, -0.2) is 4.79 Å². The summed E-state index contributed by atoms with van der Waals surface area (Å²) in [6, 6.07) is 4.91. The second-order valence-corrected chi connectivity index (χ2v) is 4.96. The van der Waals surface area contributed by atoms with E-state index >= 15 is 0 Å². The molecule has 1 atom stereocenters. The van der Waals surface area contributed by atoms with E-state index in [2.05, 4.69) is 17.5 Å². The third kappa shape index (κ3) is 3.26. The second kappa shape index (κ2) is 5.91. The quantitative estimate of drug-likeness (QED) is 0.814. The highest BCUT2D eigenvalue weighted by molar-refractivity contribution is 6.31. The monoisotopic (exact) mass is 265 g/mol. The van der Waals surface area contributed by atoms with Gasteiger partial charge in [-0.2, -0.15) is 0 Å². The molecule has 0 spiro atoms. The molecule has 0 saturated carbocycles. The zero-order valence-electron chi connectivity index (χ0n) is 10.0. The molecule has 1 aliphatic carbocycles. The van der Waals surface area contributed by atoms with Gasteiger partial charge in [0.1, 0.15) is 0 Å². The zero-order valence-corrected chi connectivity index (χ0v) is 10.8. The first-order chi connectivity index (χ1) is 8.66. The summed E-state index contributed by atoms with van der Waals surface area (Å²) < 4.78 is 0. The smallest absolute Gasteiger partial charge is 0.337 e. The van der Waals surface area contributed by atoms with Crippen molar-refractivity contribution in [3.05, 3.63) is 40.9 Å². The molecule has 2 rings (SSSR count). The number of carbonyl (C=O) groups is 1. The van der Waals surface area contributed by atoms with Gasteiger partial charge in [-0.05, 0) is 43.4 Å². The van der Waals surface area contributed by atoms with Crippen LogP contribution in [-0.4, -0.2) is 17.6 Å². The Balaban J connectivity index is 2.04. The highest BCUT2D eigenvalue weighted by atomic mass is 35.5. The van der Waals surface area contributed by atoms with E-state index in [1.165, 1.54) is 6.07 Å². The van der Waals surface area contributed by atoms with Crippen LogP contribution in [0.25, 0.3) is 0 Å². The van der Waals surface area contributed by atoms with Crippen molar-refractivity contribution in [1.29, 1.82) is 0 Å². The fourth-order valence-electron chi connectivity index (χ4n) is 2.14. The number of allylic oxidation sites excluding steroid dienone is 2. The van der Waals surface area contributed by atoms with E-state index in [4.69, 9.17) is 16.7 Å². The first kappa shape index (κ1) is 13.0. The molecule has 96 valence electrons. The Bertz CT molecular complexity index is 471. The van der Waals surface area contributed by atoms with Gasteiger partial charge in [0.2, 0.25) is 0 Å². The first-order valence-corrected chi connectivity index (χ1v) is 6.46. The number of anilines is 1. The molecule has 1 aromatic carbocycles. The number of rotatable bonds is 4. The molecule has 1 aliphatic rings. The molecule has 4 heteroatoms. The maximum atomic E-state index is 11.1. The van der Waals surface area contributed by atoms with Crippen LogP contribution in [0.4, 0.5) is 5.69 Å². The van der Waals surface area contributed by atoms with Crippen molar-refractivity contribution in [2.24, 2.45) is 5.92 Å². The SMILES string of the molecule is O=C(O)c1cc(Cl)ccc1NCC1CC=CCC1. The average molecular weight is 266 g/mol. The van der Waals surface area contributed by atoms with Crippen LogP contribution in [0.5, 0.6) is 0 Å². The normalized spacial score (nSPS) is 18.6. The van der Waals surface area contributed by atoms with Crippen molar-refractivity contribution in [3.8, 4) is 0 Å². The molecule has 0 aromatic heterocycles. The molecule has 1 aromatic rings. The number of benzene rings is 1. The molecular formula is C14H16ClNO2. The Morgan fingerprint density at radius 3 is 2.94 bits per heavy atom. The molecule has 0 amide bonds. The summed E-state index contributed by atoms with van der Waals surface area (Å²) >= 11 is 5.81. The van der Waals surface area contributed by atoms with Gasteiger partial charge in [0.15, 0.2) is 0 Å². The zero-order chi connectivity index (χ0) is 13.0. The largest absolute Gasteiger partial charge is 0.478 e. The molecule has 0 bridgehead atoms. The van der Waals surface area contributed by atoms with Crippen molar-refractivity contribution in [2.75, 3.05) is 11.9 Å². The lowest BCUT2D eigenvalue weighted by Crippen LogP contribution is -2.17. The molecule has 0 heterocycles. The van der Waals surface area contributed by atoms with Crippen molar-refractivity contribution in [1.82, 2.24) is 0 Å². The predicted molar refractivity (Wildman–Crippen MR) is 73.4 cm³/mol. The maximum Gasteiger partial charge on any atom is 0.337 e. The average Bonchev–Trinajstić information content (AvgIpc) is 2.38. The second-order valence-electron chi connectivity index (χ2n) is 4.53. The van der Waals surface area contributed by atoms with Gasteiger partial charge in [-0.3, -0.25) is 0 Å². The topological polar surface area (TPSA) is 49.3 Å². The van der Waals surface area contributed by atoms with E-state index < -0.39 is 5.97 Å². The summed E-state index contributed by atoms with van der Waals surface area (Å²) in [5.41, 5.74) is 0.871. The Labute approximate surface area is 111 Å². The maximum absolute atomic E-state index is 11.1. The molecule has 0 fully saturated rings. The lowest BCUT2D eigenvalue weighted by atomic mass is 9.94. The van der Waals surface area contributed by atoms with Crippen molar-refractivity contribution in [3.63, 3.8) is 0 Å². The fourth-order valence-corrected chi connectivity index (χ4v) is 2.32. The van der Waals surface area contributed by atoms with Gasteiger partial charge in [0, 0.05) is 17.3 Å². The van der Waals surface area contributed by atoms with Crippen LogP contribution in [0, 0.1) is 5.92 Å². The van der Waals surface area contributed by atoms with Gasteiger partial charge in [0.05, 0.1) is 5.56 Å². The summed E-state index contributed by atoms with van der Waals surface area (Å²) in [4.78, 5) is 11.1. The highest BCUT2D eigenvalue weighted by Crippen LogP contribution is 2.23. The molecule has 2 N–H and O–H groups in total. The Kier molecular flexibility index (Phi) is 4.26. The van der Waals surface area contributed by atoms with Crippen LogP contribution in [0.15, 0.2) is 30.4 Å². The first-order valence-electron chi connectivity index (χ1n) is 6.08. The summed E-state index contributed by atoms with van der Waals surface area (Å²) in [6.45, 7) is 0.798. The van der Waals surface area contributed by atoms with Gasteiger partial charge < -0.3 is 10.4 Å². The summed E-state index contributed by atoms with van der Waals surface area (Å²) in [5, 5.41) is 12.8. The van der Waals surface area contributed by atoms with Crippen molar-refractivity contribution < 1.29 is 9.90 Å². The van der Waals surface area contributed by atoms with Crippen LogP contribution in [-0.2, 0) is 0 Å². The molecule has 0 radical (unpaired) electrons. The van der Waals surface area contributed by atoms with E-state index in [0.29, 0.717) is 16.6 Å². The van der Waals surface area contributed by atoms with E-state index in [0.717, 1.165) is 25.8 Å². The van der Waals surface area contributed by atoms with Crippen LogP contribution in [0.2, 0.25) is 5.02 Å². The molecule has 0 aliphatic heterocycles. The standard InChI is InChI=1S/C14H16ClNO2/c15-11-6-7-13(12(8-11)14(17)18)16-9-10-4-2-1-3-5-10/h1-2,6-8,10,16H,3-5,9H2,(H,17,18). The third-order valence-electron chi connectivity index (χ3n) is 3.17. The fraction of sp³-hybridized carbons (Fsp3) is 0.357. The molecular weight excluding hydrogens is 250 g/mol. The number of hydrogen-bond acceptors (Lipinski definition) is 2. The van der Waals surface area contributed by atoms with Crippen molar-refractivity contribution >= 4 is 23.3 Å². The van der Waals surface area contributed by atoms with Crippen molar-refractivity contribution in [2.45, 2.75) is 19.3 Å². The number of nitrogens with one attached hydrogen (secondary N) is 1. The Morgan fingerprint density at radius 1 is 1.44 bits per heavy atom. The highest BCUT2D eigenvalue weighted by Gasteiger charge is 2.13. The lowest BCUT2D eigenvalue weighted by molar-refractivity contribution is 0.0698. The minimum atomic E-state index is -0.955. The number of carboxylic acids is 1. The van der Waals surface area contributed by atoms with Gasteiger partial charge >= 0.3 is 5.97 Å². The number of hydrogen-bond donors (Lipinski definition) is 2. The van der Waals surface area contributed by atoms with E-state index in [1.54, 1.807) is 12.1 Å². The van der Waals surface area contributed by atoms with E-state index in [-0.39, 0.29) is 5.56 Å². The van der Waals surface area contributed by atoms with Gasteiger partial charge in [0.25, 0.3) is 0 Å². The summed E-state index contributed by atoms with van der Waals surface area (Å²) in [5.74, 6) is -0.379. The minimum absolute atomic E-state index is 0.230. The Hall–Kier alpha value is -1.48. The number of carboxylic acid groups (broad SMARTS) is 1. The lowest BCUT2D eigenvalue weighted by Gasteiger charge is -2.19. The molecule has 1 unspecified atom stereocenters. The molecule has 3 nitrogen and oxygen atoms in total. The number of halogens is 1. The Morgan fingerprint density at radius 2 is 2.28 bits per heavy atom. The summed E-state index contributed by atoms with van der Waals surface area (Å²) in [7, 11) is 0. The van der Waals surface area contributed by atoms with E-state index in [9.17, 15) is 4.79 Å². The van der Waals surface area contributed by atoms with Gasteiger partial charge in [-0.1, -0.05) is 23.8 Å². The van der Waals surface area contributed by atoms with Crippen LogP contribution in [0.3, 0.4) is 0 Å². The third-order valence-corrected chi connectivity index (χ3v) is 3.41. The molecule has 18 heavy (non-hydrogen) atoms. The van der Waals surface area contributed by atoms with Crippen LogP contribution in [0.1, 0.15) is 29.6 Å². The molecule has 0 saturated heterocycles. The minimum Gasteiger partial charge on any atom is -0.478 e. The van der Waals surface area contributed by atoms with Crippen LogP contribution >= 0.6 is 11.6 Å². The van der Waals surface area contributed by atoms with E-state index in [1.807, 2.05) is 0 Å². The van der Waals surface area contributed by atoms with Gasteiger partial charge in [-0.15, -0.1) is 0 Å². The van der Waals surface area contributed by atoms with Crippen LogP contribution < -0.4 is 5.32 Å².